The normalized spacial score (nSPS) is 15.4. The van der Waals surface area contributed by atoms with E-state index in [4.69, 9.17) is 9.47 Å². The molecule has 0 radical (unpaired) electrons. The van der Waals surface area contributed by atoms with Gasteiger partial charge in [-0.05, 0) is 51.8 Å². The minimum Gasteiger partial charge on any atom is -0.490 e. The van der Waals surface area contributed by atoms with E-state index >= 15 is 0 Å². The van der Waals surface area contributed by atoms with Gasteiger partial charge < -0.3 is 19.5 Å². The van der Waals surface area contributed by atoms with Gasteiger partial charge in [0.2, 0.25) is 0 Å². The first-order valence-electron chi connectivity index (χ1n) is 7.66. The molecule has 132 valence electrons. The molecule has 1 aromatic rings. The minimum atomic E-state index is -0.686. The highest BCUT2D eigenvalue weighted by atomic mass is 19.1. The predicted molar refractivity (Wildman–Crippen MR) is 84.6 cm³/mol. The van der Waals surface area contributed by atoms with Gasteiger partial charge in [-0.25, -0.2) is 14.0 Å². The van der Waals surface area contributed by atoms with Crippen LogP contribution < -0.4 is 10.1 Å². The minimum absolute atomic E-state index is 0.00516. The van der Waals surface area contributed by atoms with E-state index < -0.39 is 29.0 Å². The molecule has 1 aromatic carbocycles. The fourth-order valence-electron chi connectivity index (χ4n) is 2.09. The lowest BCUT2D eigenvalue weighted by Crippen LogP contribution is -2.44. The number of hydrogen-bond acceptors (Lipinski definition) is 5. The Morgan fingerprint density at radius 1 is 1.29 bits per heavy atom. The predicted octanol–water partition coefficient (Wildman–Crippen LogP) is 3.05. The summed E-state index contributed by atoms with van der Waals surface area (Å²) in [5.74, 6) is -1.04. The number of esters is 1. The fourth-order valence-corrected chi connectivity index (χ4v) is 2.09. The second kappa shape index (κ2) is 6.67. The first-order chi connectivity index (χ1) is 11.1. The van der Waals surface area contributed by atoms with Crippen molar-refractivity contribution in [1.82, 2.24) is 5.32 Å². The van der Waals surface area contributed by atoms with Crippen LogP contribution in [0.1, 0.15) is 44.0 Å². The maximum atomic E-state index is 13.3. The Labute approximate surface area is 140 Å². The second-order valence-corrected chi connectivity index (χ2v) is 6.83. The van der Waals surface area contributed by atoms with Gasteiger partial charge in [0, 0.05) is 0 Å². The van der Waals surface area contributed by atoms with Gasteiger partial charge in [0.05, 0.1) is 12.6 Å². The van der Waals surface area contributed by atoms with E-state index in [0.29, 0.717) is 0 Å². The van der Waals surface area contributed by atoms with Gasteiger partial charge in [-0.15, -0.1) is 0 Å². The number of methoxy groups -OCH3 is 1. The van der Waals surface area contributed by atoms with Crippen LogP contribution >= 0.6 is 0 Å². The van der Waals surface area contributed by atoms with Crippen LogP contribution in [0.4, 0.5) is 9.18 Å². The summed E-state index contributed by atoms with van der Waals surface area (Å²) in [7, 11) is 1.21. The second-order valence-electron chi connectivity index (χ2n) is 6.83. The smallest absolute Gasteiger partial charge is 0.408 e. The van der Waals surface area contributed by atoms with Crippen LogP contribution in [0.5, 0.6) is 5.75 Å². The van der Waals surface area contributed by atoms with Crippen molar-refractivity contribution >= 4 is 12.1 Å². The average molecular weight is 339 g/mol. The highest BCUT2D eigenvalue weighted by Gasteiger charge is 2.46. The molecule has 24 heavy (non-hydrogen) atoms. The number of halogens is 1. The number of rotatable bonds is 5. The van der Waals surface area contributed by atoms with Crippen LogP contribution in [0.3, 0.4) is 0 Å². The zero-order valence-electron chi connectivity index (χ0n) is 14.3. The number of amides is 1. The largest absolute Gasteiger partial charge is 0.490 e. The number of carbonyl (C=O) groups is 2. The van der Waals surface area contributed by atoms with E-state index in [0.717, 1.165) is 18.9 Å². The molecule has 2 rings (SSSR count). The molecule has 6 nitrogen and oxygen atoms in total. The number of hydrogen-bond donors (Lipinski definition) is 1. The topological polar surface area (TPSA) is 73.9 Å². The molecule has 0 atom stereocenters. The summed E-state index contributed by atoms with van der Waals surface area (Å²) in [6.45, 7) is 5.50. The molecule has 1 aliphatic rings. The van der Waals surface area contributed by atoms with Gasteiger partial charge in [-0.1, -0.05) is 0 Å². The Hall–Kier alpha value is -2.31. The highest BCUT2D eigenvalue weighted by molar-refractivity contribution is 5.92. The molecular formula is C17H22FNO5. The Bertz CT molecular complexity index is 634. The average Bonchev–Trinajstić information content (AvgIpc) is 3.22. The van der Waals surface area contributed by atoms with Crippen LogP contribution in [-0.2, 0) is 9.47 Å². The van der Waals surface area contributed by atoms with Crippen LogP contribution in [0.15, 0.2) is 18.2 Å². The lowest BCUT2D eigenvalue weighted by atomic mass is 10.2. The van der Waals surface area contributed by atoms with Crippen molar-refractivity contribution in [2.24, 2.45) is 0 Å². The fraction of sp³-hybridized carbons (Fsp3) is 0.529. The van der Waals surface area contributed by atoms with Crippen LogP contribution in [0.2, 0.25) is 0 Å². The van der Waals surface area contributed by atoms with Gasteiger partial charge >= 0.3 is 12.1 Å². The van der Waals surface area contributed by atoms with Crippen LogP contribution in [0.25, 0.3) is 0 Å². The molecule has 7 heteroatoms. The molecule has 1 saturated carbocycles. The van der Waals surface area contributed by atoms with E-state index in [9.17, 15) is 14.0 Å². The van der Waals surface area contributed by atoms with E-state index in [2.05, 4.69) is 10.1 Å². The summed E-state index contributed by atoms with van der Waals surface area (Å²) < 4.78 is 28.8. The quantitative estimate of drug-likeness (QED) is 0.835. The summed E-state index contributed by atoms with van der Waals surface area (Å²) in [6, 6.07) is 3.62. The Kier molecular flexibility index (Phi) is 5.01. The molecule has 0 aromatic heterocycles. The van der Waals surface area contributed by atoms with Crippen molar-refractivity contribution in [3.05, 3.63) is 29.6 Å². The Balaban J connectivity index is 2.01. The summed E-state index contributed by atoms with van der Waals surface area (Å²) in [4.78, 5) is 23.6. The van der Waals surface area contributed by atoms with Crippen molar-refractivity contribution in [2.75, 3.05) is 13.7 Å². The third kappa shape index (κ3) is 4.84. The lowest BCUT2D eigenvalue weighted by molar-refractivity contribution is 0.0472. The molecular weight excluding hydrogens is 317 g/mol. The third-order valence-corrected chi connectivity index (χ3v) is 3.47. The monoisotopic (exact) mass is 339 g/mol. The summed E-state index contributed by atoms with van der Waals surface area (Å²) in [5, 5.41) is 2.79. The van der Waals surface area contributed by atoms with E-state index in [1.807, 2.05) is 0 Å². The maximum absolute atomic E-state index is 13.3. The number of ether oxygens (including phenoxy) is 3. The van der Waals surface area contributed by atoms with Crippen molar-refractivity contribution in [2.45, 2.75) is 44.8 Å². The van der Waals surface area contributed by atoms with Crippen molar-refractivity contribution in [3.8, 4) is 5.75 Å². The number of benzene rings is 1. The van der Waals surface area contributed by atoms with Gasteiger partial charge in [0.25, 0.3) is 0 Å². The summed E-state index contributed by atoms with van der Waals surface area (Å²) in [6.07, 6.45) is 0.957. The first-order valence-corrected chi connectivity index (χ1v) is 7.66. The molecule has 0 spiro atoms. The SMILES string of the molecule is COC(=O)c1cc(F)ccc1OCC1(NC(=O)OC(C)(C)C)CC1. The molecule has 0 saturated heterocycles. The zero-order chi connectivity index (χ0) is 18.0. The van der Waals surface area contributed by atoms with E-state index in [-0.39, 0.29) is 17.9 Å². The molecule has 1 amide bonds. The number of nitrogens with one attached hydrogen (secondary N) is 1. The van der Waals surface area contributed by atoms with Crippen LogP contribution in [0, 0.1) is 5.82 Å². The molecule has 0 heterocycles. The van der Waals surface area contributed by atoms with Crippen LogP contribution in [-0.4, -0.2) is 36.9 Å². The van der Waals surface area contributed by atoms with Crippen molar-refractivity contribution in [3.63, 3.8) is 0 Å². The van der Waals surface area contributed by atoms with Gasteiger partial charge in [0.15, 0.2) is 0 Å². The van der Waals surface area contributed by atoms with Gasteiger partial charge in [0.1, 0.15) is 29.3 Å². The molecule has 1 N–H and O–H groups in total. The van der Waals surface area contributed by atoms with Crippen molar-refractivity contribution < 1.29 is 28.2 Å². The highest BCUT2D eigenvalue weighted by Crippen LogP contribution is 2.36. The molecule has 0 bridgehead atoms. The van der Waals surface area contributed by atoms with Crippen molar-refractivity contribution in [1.29, 1.82) is 0 Å². The Morgan fingerprint density at radius 2 is 1.96 bits per heavy atom. The number of alkyl carbamates (subject to hydrolysis) is 1. The standard InChI is InChI=1S/C17H22FNO5/c1-16(2,3)24-15(21)19-17(7-8-17)10-23-13-6-5-11(18)9-12(13)14(20)22-4/h5-6,9H,7-8,10H2,1-4H3,(H,19,21). The number of carbonyl (C=O) groups excluding carboxylic acids is 2. The maximum Gasteiger partial charge on any atom is 0.408 e. The summed E-state index contributed by atoms with van der Waals surface area (Å²) in [5.41, 5.74) is -1.11. The van der Waals surface area contributed by atoms with Gasteiger partial charge in [-0.2, -0.15) is 0 Å². The molecule has 1 fully saturated rings. The molecule has 0 unspecified atom stereocenters. The molecule has 0 aliphatic heterocycles. The first kappa shape index (κ1) is 18.0. The Morgan fingerprint density at radius 3 is 2.50 bits per heavy atom. The van der Waals surface area contributed by atoms with Gasteiger partial charge in [-0.3, -0.25) is 0 Å². The summed E-state index contributed by atoms with van der Waals surface area (Å²) >= 11 is 0. The third-order valence-electron chi connectivity index (χ3n) is 3.47. The van der Waals surface area contributed by atoms with E-state index in [1.54, 1.807) is 20.8 Å². The van der Waals surface area contributed by atoms with E-state index in [1.165, 1.54) is 19.2 Å². The molecule has 1 aliphatic carbocycles. The zero-order valence-corrected chi connectivity index (χ0v) is 14.3. The lowest BCUT2D eigenvalue weighted by Gasteiger charge is -2.23.